The molecule has 19 heteroatoms. The van der Waals surface area contributed by atoms with Crippen LogP contribution in [0.15, 0.2) is 71.2 Å². The number of H-pyrrole nitrogens is 2. The van der Waals surface area contributed by atoms with Gasteiger partial charge < -0.3 is 29.5 Å². The first-order valence-corrected chi connectivity index (χ1v) is 20.1. The molecular weight excluding hydrogens is 757 g/mol. The Morgan fingerprint density at radius 3 is 1.56 bits per heavy atom. The fourth-order valence-electron chi connectivity index (χ4n) is 5.99. The normalized spacial score (nSPS) is 11.6. The fourth-order valence-corrected chi connectivity index (χ4v) is 8.53. The van der Waals surface area contributed by atoms with Crippen molar-refractivity contribution in [3.8, 4) is 22.6 Å². The molecule has 4 aromatic heterocycles. The lowest BCUT2D eigenvalue weighted by atomic mass is 9.93. The highest BCUT2D eigenvalue weighted by Crippen LogP contribution is 2.38. The number of aryl methyl sites for hydroxylation is 6. The molecule has 0 aliphatic carbocycles. The molecule has 0 unspecified atom stereocenters. The van der Waals surface area contributed by atoms with E-state index in [2.05, 4.69) is 20.5 Å². The lowest BCUT2D eigenvalue weighted by molar-refractivity contribution is -0.0429. The Balaban J connectivity index is 0.000000212. The minimum absolute atomic E-state index is 0.000000000000000222. The maximum Gasteiger partial charge on any atom is 0.277 e. The molecule has 0 amide bonds. The Morgan fingerprint density at radius 1 is 0.727 bits per heavy atom. The fraction of sp³-hybridized carbons (Fsp3) is 0.306. The molecule has 17 nitrogen and oxygen atoms in total. The predicted octanol–water partition coefficient (Wildman–Crippen LogP) is 3.30. The molecule has 0 saturated heterocycles. The summed E-state index contributed by atoms with van der Waals surface area (Å²) in [6.07, 6.45) is 3.45. The number of nitrogens with one attached hydrogen (secondary N) is 2. The van der Waals surface area contributed by atoms with Crippen LogP contribution < -0.4 is 11.1 Å². The number of ketones is 1. The van der Waals surface area contributed by atoms with Crippen LogP contribution in [0, 0.1) is 41.5 Å². The van der Waals surface area contributed by atoms with Crippen LogP contribution in [0.1, 0.15) is 61.4 Å². The molecule has 2 aromatic carbocycles. The molecule has 4 heterocycles. The van der Waals surface area contributed by atoms with Crippen molar-refractivity contribution in [2.45, 2.75) is 57.6 Å². The highest BCUT2D eigenvalue weighted by molar-refractivity contribution is 7.91. The van der Waals surface area contributed by atoms with E-state index in [-0.39, 0.29) is 49.1 Å². The van der Waals surface area contributed by atoms with Gasteiger partial charge in [-0.1, -0.05) is 10.3 Å². The van der Waals surface area contributed by atoms with E-state index in [1.165, 1.54) is 40.8 Å². The van der Waals surface area contributed by atoms with Gasteiger partial charge in [-0.15, -0.1) is 0 Å². The van der Waals surface area contributed by atoms with Crippen LogP contribution in [-0.4, -0.2) is 75.2 Å². The van der Waals surface area contributed by atoms with Crippen molar-refractivity contribution in [2.24, 2.45) is 14.1 Å². The zero-order valence-electron chi connectivity index (χ0n) is 31.8. The second-order valence-corrected chi connectivity index (χ2v) is 16.9. The molecule has 55 heavy (non-hydrogen) atoms. The van der Waals surface area contributed by atoms with Gasteiger partial charge in [0.05, 0.1) is 21.2 Å². The topological polar surface area (TPSA) is 253 Å². The number of hydrogen-bond acceptors (Lipinski definition) is 13. The van der Waals surface area contributed by atoms with Gasteiger partial charge in [-0.3, -0.25) is 23.7 Å². The van der Waals surface area contributed by atoms with Crippen molar-refractivity contribution in [1.82, 2.24) is 29.9 Å². The Bertz CT molecular complexity index is 2740. The SMILES string of the molecule is Cc1cc(-c2c(C)c(C(=O)c3c[nH]n(C)c3=O)cc(C)c2S(C)(=O)=O)on1.Cc1cc(-c2c(C)c(C(O)O)cc(C)c2S(C)(=O)=O)on1.Cn1[nH]ccc1=O. The average molecular weight is 799 g/mol. The van der Waals surface area contributed by atoms with E-state index in [4.69, 9.17) is 9.05 Å². The van der Waals surface area contributed by atoms with Crippen LogP contribution >= 0.6 is 0 Å². The summed E-state index contributed by atoms with van der Waals surface area (Å²) in [5.74, 6) is 0.0520. The number of aliphatic hydroxyl groups is 2. The van der Waals surface area contributed by atoms with Crippen molar-refractivity contribution < 1.29 is 40.9 Å². The monoisotopic (exact) mass is 798 g/mol. The van der Waals surface area contributed by atoms with E-state index in [9.17, 15) is 41.4 Å². The van der Waals surface area contributed by atoms with E-state index < -0.39 is 37.3 Å². The van der Waals surface area contributed by atoms with Gasteiger partial charge in [0.15, 0.2) is 43.3 Å². The summed E-state index contributed by atoms with van der Waals surface area (Å²) >= 11 is 0. The number of aromatic amines is 2. The molecule has 0 radical (unpaired) electrons. The number of rotatable bonds is 7. The second kappa shape index (κ2) is 16.0. The third kappa shape index (κ3) is 9.02. The number of carbonyl (C=O) groups excluding carboxylic acids is 1. The molecule has 6 rings (SSSR count). The van der Waals surface area contributed by atoms with Gasteiger partial charge >= 0.3 is 0 Å². The highest BCUT2D eigenvalue weighted by Gasteiger charge is 2.29. The van der Waals surface area contributed by atoms with Gasteiger partial charge in [0.25, 0.3) is 11.1 Å². The third-order valence-corrected chi connectivity index (χ3v) is 11.0. The van der Waals surface area contributed by atoms with Crippen LogP contribution in [0.2, 0.25) is 0 Å². The molecular formula is C36H42N6O11S2. The first-order valence-electron chi connectivity index (χ1n) is 16.4. The summed E-state index contributed by atoms with van der Waals surface area (Å²) < 4.78 is 62.1. The van der Waals surface area contributed by atoms with Crippen molar-refractivity contribution in [1.29, 1.82) is 0 Å². The number of benzene rings is 2. The zero-order chi connectivity index (χ0) is 41.3. The number of sulfone groups is 2. The lowest BCUT2D eigenvalue weighted by Gasteiger charge is -2.17. The number of hydrogen-bond donors (Lipinski definition) is 4. The van der Waals surface area contributed by atoms with Gasteiger partial charge in [0, 0.05) is 79.5 Å². The lowest BCUT2D eigenvalue weighted by Crippen LogP contribution is -2.20. The second-order valence-electron chi connectivity index (χ2n) is 13.0. The van der Waals surface area contributed by atoms with Crippen molar-refractivity contribution in [3.63, 3.8) is 0 Å². The van der Waals surface area contributed by atoms with E-state index in [0.717, 1.165) is 12.5 Å². The first kappa shape index (κ1) is 42.1. The summed E-state index contributed by atoms with van der Waals surface area (Å²) in [4.78, 5) is 35.7. The van der Waals surface area contributed by atoms with Gasteiger partial charge in [-0.05, 0) is 75.9 Å². The smallest absolute Gasteiger partial charge is 0.277 e. The minimum Gasteiger partial charge on any atom is -0.364 e. The zero-order valence-corrected chi connectivity index (χ0v) is 33.4. The summed E-state index contributed by atoms with van der Waals surface area (Å²) in [6.45, 7) is 9.90. The Kier molecular flexibility index (Phi) is 12.2. The van der Waals surface area contributed by atoms with Crippen LogP contribution in [0.3, 0.4) is 0 Å². The maximum absolute atomic E-state index is 13.0. The minimum atomic E-state index is -3.61. The molecule has 0 fully saturated rings. The third-order valence-electron chi connectivity index (χ3n) is 8.51. The molecule has 0 atom stereocenters. The maximum atomic E-state index is 13.0. The number of carbonyl (C=O) groups is 1. The molecule has 0 aliphatic rings. The van der Waals surface area contributed by atoms with Crippen LogP contribution in [0.4, 0.5) is 0 Å². The molecule has 4 N–H and O–H groups in total. The van der Waals surface area contributed by atoms with Gasteiger partial charge in [0.1, 0.15) is 5.56 Å². The van der Waals surface area contributed by atoms with Crippen LogP contribution in [0.25, 0.3) is 22.6 Å². The number of aliphatic hydroxyl groups excluding tert-OH is 1. The molecule has 0 bridgehead atoms. The van der Waals surface area contributed by atoms with Crippen molar-refractivity contribution in [3.05, 3.63) is 114 Å². The van der Waals surface area contributed by atoms with Gasteiger partial charge in [-0.25, -0.2) is 16.8 Å². The summed E-state index contributed by atoms with van der Waals surface area (Å²) in [5, 5.41) is 31.8. The Labute approximate surface area is 316 Å². The van der Waals surface area contributed by atoms with Gasteiger partial charge in [0.2, 0.25) is 0 Å². The van der Waals surface area contributed by atoms with Gasteiger partial charge in [-0.2, -0.15) is 0 Å². The first-order chi connectivity index (χ1) is 25.4. The van der Waals surface area contributed by atoms with Crippen LogP contribution in [0.5, 0.6) is 0 Å². The predicted molar refractivity (Wildman–Crippen MR) is 201 cm³/mol. The Hall–Kier alpha value is -5.63. The standard InChI is InChI=1S/C18H19N3O5S.C14H17NO5S.C4H6N2O/c1-9-6-12(16(22)13-8-19-21(4)18(13)23)11(3)15(17(9)27(5,24)25)14-7-10(2)20-26-14;1-7-5-10(14(16)17)9(3)12(13(7)21(4,18)19)11-6-8(2)15-20-11;1-6-4(7)2-3-5-6/h6-8,19H,1-5H3;5-6,14,16-17H,1-4H3;2-3,5H,1H3. The largest absolute Gasteiger partial charge is 0.364 e. The molecule has 6 aromatic rings. The van der Waals surface area contributed by atoms with E-state index in [1.54, 1.807) is 66.9 Å². The van der Waals surface area contributed by atoms with E-state index in [1.807, 2.05) is 0 Å². The van der Waals surface area contributed by atoms with Crippen molar-refractivity contribution in [2.75, 3.05) is 12.5 Å². The number of nitrogens with zero attached hydrogens (tertiary/aromatic N) is 4. The van der Waals surface area contributed by atoms with Crippen molar-refractivity contribution >= 4 is 25.5 Å². The number of aromatic nitrogens is 6. The van der Waals surface area contributed by atoms with E-state index in [0.29, 0.717) is 39.2 Å². The summed E-state index contributed by atoms with van der Waals surface area (Å²) in [7, 11) is -3.95. The van der Waals surface area contributed by atoms with Crippen LogP contribution in [-0.2, 0) is 33.8 Å². The summed E-state index contributed by atoms with van der Waals surface area (Å²) in [5.41, 5.74) is 3.46. The highest BCUT2D eigenvalue weighted by atomic mass is 32.2. The average Bonchev–Trinajstić information content (AvgIpc) is 3.87. The Morgan fingerprint density at radius 2 is 1.22 bits per heavy atom. The molecule has 0 aliphatic heterocycles. The van der Waals surface area contributed by atoms with E-state index >= 15 is 0 Å². The quantitative estimate of drug-likeness (QED) is 0.134. The molecule has 0 spiro atoms. The molecule has 0 saturated carbocycles. The molecule has 294 valence electrons. The summed E-state index contributed by atoms with van der Waals surface area (Å²) in [6, 6.07) is 7.65.